The van der Waals surface area contributed by atoms with Crippen molar-refractivity contribution in [3.05, 3.63) is 58.1 Å². The number of ether oxygens (including phenoxy) is 1. The third-order valence-corrected chi connectivity index (χ3v) is 3.15. The third-order valence-electron chi connectivity index (χ3n) is 3.15. The smallest absolute Gasteiger partial charge is 0.329 e. The number of phenolic OH excluding ortho intramolecular Hbond substituents is 1. The molecule has 0 aromatic heterocycles. The van der Waals surface area contributed by atoms with Crippen LogP contribution in [0.2, 0.25) is 0 Å². The van der Waals surface area contributed by atoms with Gasteiger partial charge in [-0.05, 0) is 30.3 Å². The van der Waals surface area contributed by atoms with Crippen molar-refractivity contribution in [1.29, 1.82) is 0 Å². The zero-order valence-corrected chi connectivity index (χ0v) is 13.5. The van der Waals surface area contributed by atoms with Gasteiger partial charge >= 0.3 is 11.8 Å². The second-order valence-corrected chi connectivity index (χ2v) is 4.88. The molecule has 2 rings (SSSR count). The fourth-order valence-electron chi connectivity index (χ4n) is 1.83. The number of aromatic hydroxyl groups is 1. The van der Waals surface area contributed by atoms with Crippen LogP contribution in [0, 0.1) is 10.1 Å². The van der Waals surface area contributed by atoms with Crippen LogP contribution < -0.4 is 15.5 Å². The van der Waals surface area contributed by atoms with Crippen LogP contribution in [-0.4, -0.2) is 35.2 Å². The fraction of sp³-hybridized carbons (Fsp3) is 0.0625. The summed E-state index contributed by atoms with van der Waals surface area (Å²) in [4.78, 5) is 33.5. The quantitative estimate of drug-likeness (QED) is 0.319. The first-order valence-electron chi connectivity index (χ1n) is 7.16. The van der Waals surface area contributed by atoms with E-state index in [2.05, 4.69) is 10.4 Å². The summed E-state index contributed by atoms with van der Waals surface area (Å²) in [6.45, 7) is 0. The van der Waals surface area contributed by atoms with Crippen molar-refractivity contribution < 1.29 is 24.4 Å². The van der Waals surface area contributed by atoms with Crippen molar-refractivity contribution in [3.8, 4) is 11.5 Å². The SMILES string of the molecule is COc1ccc(NC(=O)C(=O)NN=Cc2cc([N+](=O)[O-])ccc2O)cc1. The highest BCUT2D eigenvalue weighted by Crippen LogP contribution is 2.21. The molecule has 0 fully saturated rings. The van der Waals surface area contributed by atoms with Gasteiger partial charge in [0, 0.05) is 23.4 Å². The average molecular weight is 358 g/mol. The first kappa shape index (κ1) is 18.4. The number of methoxy groups -OCH3 is 1. The van der Waals surface area contributed by atoms with E-state index in [-0.39, 0.29) is 17.0 Å². The molecule has 0 aliphatic rings. The van der Waals surface area contributed by atoms with Crippen molar-refractivity contribution in [2.24, 2.45) is 5.10 Å². The second kappa shape index (κ2) is 8.24. The van der Waals surface area contributed by atoms with Crippen molar-refractivity contribution in [2.75, 3.05) is 12.4 Å². The third kappa shape index (κ3) is 4.77. The van der Waals surface area contributed by atoms with Crippen molar-refractivity contribution in [2.45, 2.75) is 0 Å². The van der Waals surface area contributed by atoms with Gasteiger partial charge in [0.1, 0.15) is 11.5 Å². The minimum atomic E-state index is -1.05. The molecule has 2 aromatic carbocycles. The van der Waals surface area contributed by atoms with E-state index < -0.39 is 16.7 Å². The van der Waals surface area contributed by atoms with E-state index in [1.54, 1.807) is 24.3 Å². The second-order valence-electron chi connectivity index (χ2n) is 4.88. The maximum absolute atomic E-state index is 11.8. The lowest BCUT2D eigenvalue weighted by molar-refractivity contribution is -0.384. The maximum atomic E-state index is 11.8. The van der Waals surface area contributed by atoms with E-state index in [4.69, 9.17) is 4.74 Å². The summed E-state index contributed by atoms with van der Waals surface area (Å²) in [5.74, 6) is -1.69. The molecule has 2 aromatic rings. The predicted molar refractivity (Wildman–Crippen MR) is 92.1 cm³/mol. The Morgan fingerprint density at radius 3 is 2.50 bits per heavy atom. The van der Waals surface area contributed by atoms with Crippen LogP contribution in [0.1, 0.15) is 5.56 Å². The molecule has 10 nitrogen and oxygen atoms in total. The van der Waals surface area contributed by atoms with E-state index >= 15 is 0 Å². The minimum Gasteiger partial charge on any atom is -0.507 e. The molecular formula is C16H14N4O6. The number of hydrogen-bond acceptors (Lipinski definition) is 7. The molecule has 0 radical (unpaired) electrons. The fourth-order valence-corrected chi connectivity index (χ4v) is 1.83. The summed E-state index contributed by atoms with van der Waals surface area (Å²) in [6, 6.07) is 9.63. The number of nitro groups is 1. The zero-order valence-electron chi connectivity index (χ0n) is 13.5. The highest BCUT2D eigenvalue weighted by atomic mass is 16.6. The standard InChI is InChI=1S/C16H14N4O6/c1-26-13-5-2-11(3-6-13)18-15(22)16(23)19-17-9-10-8-12(20(24)25)4-7-14(10)21/h2-9,21H,1H3,(H,18,22)(H,19,23). The Morgan fingerprint density at radius 1 is 1.19 bits per heavy atom. The van der Waals surface area contributed by atoms with Gasteiger partial charge in [0.2, 0.25) is 0 Å². The number of nitrogens with one attached hydrogen (secondary N) is 2. The number of non-ortho nitro benzene ring substituents is 1. The predicted octanol–water partition coefficient (Wildman–Crippen LogP) is 1.40. The number of carbonyl (C=O) groups is 2. The Kier molecular flexibility index (Phi) is 5.83. The van der Waals surface area contributed by atoms with Crippen LogP contribution >= 0.6 is 0 Å². The Hall–Kier alpha value is -3.95. The largest absolute Gasteiger partial charge is 0.507 e. The topological polar surface area (TPSA) is 143 Å². The van der Waals surface area contributed by atoms with Gasteiger partial charge in [0.05, 0.1) is 18.2 Å². The molecule has 0 spiro atoms. The molecule has 0 aliphatic heterocycles. The monoisotopic (exact) mass is 358 g/mol. The lowest BCUT2D eigenvalue weighted by Gasteiger charge is -2.05. The average Bonchev–Trinajstić information content (AvgIpc) is 2.63. The highest BCUT2D eigenvalue weighted by Gasteiger charge is 2.13. The van der Waals surface area contributed by atoms with Gasteiger partial charge in [-0.25, -0.2) is 5.43 Å². The minimum absolute atomic E-state index is 0.00932. The summed E-state index contributed by atoms with van der Waals surface area (Å²) in [6.07, 6.45) is 0.987. The Balaban J connectivity index is 1.96. The summed E-state index contributed by atoms with van der Waals surface area (Å²) in [7, 11) is 1.50. The van der Waals surface area contributed by atoms with E-state index in [1.165, 1.54) is 7.11 Å². The first-order valence-corrected chi connectivity index (χ1v) is 7.16. The summed E-state index contributed by atoms with van der Waals surface area (Å²) in [5.41, 5.74) is 2.10. The van der Waals surface area contributed by atoms with Crippen LogP contribution in [-0.2, 0) is 9.59 Å². The van der Waals surface area contributed by atoms with Crippen LogP contribution in [0.3, 0.4) is 0 Å². The lowest BCUT2D eigenvalue weighted by Crippen LogP contribution is -2.32. The number of hydrogen-bond donors (Lipinski definition) is 3. The van der Waals surface area contributed by atoms with Gasteiger partial charge in [-0.3, -0.25) is 19.7 Å². The van der Waals surface area contributed by atoms with Gasteiger partial charge in [-0.15, -0.1) is 0 Å². The van der Waals surface area contributed by atoms with E-state index in [9.17, 15) is 24.8 Å². The first-order chi connectivity index (χ1) is 12.4. The van der Waals surface area contributed by atoms with Gasteiger partial charge in [-0.2, -0.15) is 5.10 Å². The van der Waals surface area contributed by atoms with E-state index in [0.717, 1.165) is 24.4 Å². The van der Waals surface area contributed by atoms with Crippen molar-refractivity contribution in [3.63, 3.8) is 0 Å². The Labute approximate surface area is 147 Å². The molecule has 2 amide bonds. The summed E-state index contributed by atoms with van der Waals surface area (Å²) < 4.78 is 4.98. The molecule has 0 heterocycles. The van der Waals surface area contributed by atoms with Gasteiger partial charge in [0.25, 0.3) is 5.69 Å². The number of nitro benzene ring substituents is 1. The van der Waals surface area contributed by atoms with E-state index in [1.807, 2.05) is 5.43 Å². The normalized spacial score (nSPS) is 10.3. The van der Waals surface area contributed by atoms with Crippen molar-refractivity contribution in [1.82, 2.24) is 5.43 Å². The number of phenols is 1. The number of benzene rings is 2. The molecule has 0 bridgehead atoms. The number of anilines is 1. The molecule has 0 saturated heterocycles. The van der Waals surface area contributed by atoms with Gasteiger partial charge in [0.15, 0.2) is 0 Å². The van der Waals surface area contributed by atoms with Crippen LogP contribution in [0.5, 0.6) is 11.5 Å². The number of hydrazone groups is 1. The number of amides is 2. The molecule has 0 saturated carbocycles. The van der Waals surface area contributed by atoms with Crippen LogP contribution in [0.15, 0.2) is 47.6 Å². The van der Waals surface area contributed by atoms with E-state index in [0.29, 0.717) is 11.4 Å². The zero-order chi connectivity index (χ0) is 19.1. The number of carbonyl (C=O) groups excluding carboxylic acids is 2. The van der Waals surface area contributed by atoms with Gasteiger partial charge < -0.3 is 15.2 Å². The highest BCUT2D eigenvalue weighted by molar-refractivity contribution is 6.39. The number of nitrogens with zero attached hydrogens (tertiary/aromatic N) is 2. The van der Waals surface area contributed by atoms with Gasteiger partial charge in [-0.1, -0.05) is 0 Å². The lowest BCUT2D eigenvalue weighted by atomic mass is 10.2. The van der Waals surface area contributed by atoms with Crippen LogP contribution in [0.25, 0.3) is 0 Å². The van der Waals surface area contributed by atoms with Crippen LogP contribution in [0.4, 0.5) is 11.4 Å². The molecule has 10 heteroatoms. The molecule has 134 valence electrons. The summed E-state index contributed by atoms with van der Waals surface area (Å²) in [5, 5.41) is 26.2. The molecule has 0 unspecified atom stereocenters. The van der Waals surface area contributed by atoms with Crippen molar-refractivity contribution >= 4 is 29.4 Å². The summed E-state index contributed by atoms with van der Waals surface area (Å²) >= 11 is 0. The molecule has 0 aliphatic carbocycles. The molecule has 26 heavy (non-hydrogen) atoms. The molecule has 0 atom stereocenters. The molecule has 3 N–H and O–H groups in total. The number of rotatable bonds is 5. The maximum Gasteiger partial charge on any atom is 0.329 e. The molecular weight excluding hydrogens is 344 g/mol. The Bertz CT molecular complexity index is 864. The Morgan fingerprint density at radius 2 is 1.88 bits per heavy atom.